The molecular weight excluding hydrogens is 252 g/mol. The van der Waals surface area contributed by atoms with Crippen molar-refractivity contribution in [2.75, 3.05) is 19.6 Å². The van der Waals surface area contributed by atoms with Crippen molar-refractivity contribution in [3.63, 3.8) is 0 Å². The summed E-state index contributed by atoms with van der Waals surface area (Å²) in [4.78, 5) is 2.52. The molecule has 1 aromatic heterocycles. The summed E-state index contributed by atoms with van der Waals surface area (Å²) >= 11 is 0. The van der Waals surface area contributed by atoms with E-state index in [4.69, 9.17) is 0 Å². The molecule has 0 aromatic carbocycles. The van der Waals surface area contributed by atoms with E-state index >= 15 is 0 Å². The first-order chi connectivity index (χ1) is 9.86. The number of nitrogens with zero attached hydrogens (tertiary/aromatic N) is 5. The van der Waals surface area contributed by atoms with E-state index in [2.05, 4.69) is 32.7 Å². The molecule has 2 aliphatic rings. The maximum atomic E-state index is 4.24. The monoisotopic (exact) mass is 278 g/mol. The molecule has 1 saturated heterocycles. The average molecular weight is 278 g/mol. The first kappa shape index (κ1) is 13.9. The fourth-order valence-corrected chi connectivity index (χ4v) is 2.96. The molecule has 1 atom stereocenters. The highest BCUT2D eigenvalue weighted by Crippen LogP contribution is 2.34. The Hall–Kier alpha value is -1.01. The number of hydrogen-bond acceptors (Lipinski definition) is 5. The number of aromatic nitrogens is 4. The molecule has 1 aromatic rings. The van der Waals surface area contributed by atoms with Gasteiger partial charge in [0.25, 0.3) is 0 Å². The van der Waals surface area contributed by atoms with E-state index in [1.807, 2.05) is 4.68 Å². The van der Waals surface area contributed by atoms with Crippen molar-refractivity contribution in [1.29, 1.82) is 0 Å². The molecule has 112 valence electrons. The van der Waals surface area contributed by atoms with E-state index in [0.717, 1.165) is 25.5 Å². The molecule has 20 heavy (non-hydrogen) atoms. The molecule has 2 heterocycles. The van der Waals surface area contributed by atoms with Crippen LogP contribution in [0.3, 0.4) is 0 Å². The van der Waals surface area contributed by atoms with Crippen molar-refractivity contribution >= 4 is 0 Å². The van der Waals surface area contributed by atoms with Crippen LogP contribution in [-0.2, 0) is 6.54 Å². The number of hydrogen-bond donors (Lipinski definition) is 1. The van der Waals surface area contributed by atoms with Crippen molar-refractivity contribution in [3.05, 3.63) is 5.82 Å². The highest BCUT2D eigenvalue weighted by molar-refractivity contribution is 4.91. The van der Waals surface area contributed by atoms with Crippen LogP contribution in [0.15, 0.2) is 0 Å². The van der Waals surface area contributed by atoms with Crippen molar-refractivity contribution in [2.45, 2.75) is 64.1 Å². The SMILES string of the molecule is CCCCN(Cc1nnnn1C1CC1)CC1CCCN1. The Kier molecular flexibility index (Phi) is 4.62. The standard InChI is InChI=1S/C14H26N6/c1-2-3-9-19(10-12-5-4-8-15-12)11-14-16-17-18-20(14)13-6-7-13/h12-13,15H,2-11H2,1H3. The Morgan fingerprint density at radius 1 is 1.35 bits per heavy atom. The molecule has 2 fully saturated rings. The second kappa shape index (κ2) is 6.63. The topological polar surface area (TPSA) is 58.9 Å². The predicted octanol–water partition coefficient (Wildman–Crippen LogP) is 1.36. The van der Waals surface area contributed by atoms with Crippen LogP contribution >= 0.6 is 0 Å². The average Bonchev–Trinajstić information content (AvgIpc) is 2.98. The maximum absolute atomic E-state index is 4.24. The molecule has 6 nitrogen and oxygen atoms in total. The summed E-state index contributed by atoms with van der Waals surface area (Å²) in [5.41, 5.74) is 0. The van der Waals surface area contributed by atoms with Gasteiger partial charge in [-0.1, -0.05) is 13.3 Å². The van der Waals surface area contributed by atoms with Gasteiger partial charge in [-0.25, -0.2) is 4.68 Å². The van der Waals surface area contributed by atoms with Gasteiger partial charge >= 0.3 is 0 Å². The predicted molar refractivity (Wildman–Crippen MR) is 77.3 cm³/mol. The van der Waals surface area contributed by atoms with E-state index in [1.54, 1.807) is 0 Å². The first-order valence-corrected chi connectivity index (χ1v) is 8.09. The zero-order valence-corrected chi connectivity index (χ0v) is 12.5. The quantitative estimate of drug-likeness (QED) is 0.778. The Balaban J connectivity index is 1.60. The minimum absolute atomic E-state index is 0.567. The fourth-order valence-electron chi connectivity index (χ4n) is 2.96. The normalized spacial score (nSPS) is 22.8. The molecule has 1 aliphatic carbocycles. The molecule has 6 heteroatoms. The Bertz CT molecular complexity index is 408. The molecule has 1 N–H and O–H groups in total. The summed E-state index contributed by atoms with van der Waals surface area (Å²) in [5, 5.41) is 15.9. The number of rotatable bonds is 8. The smallest absolute Gasteiger partial charge is 0.165 e. The van der Waals surface area contributed by atoms with Gasteiger partial charge in [-0.15, -0.1) is 5.10 Å². The summed E-state index contributed by atoms with van der Waals surface area (Å²) < 4.78 is 2.04. The molecule has 0 spiro atoms. The number of tetrazole rings is 1. The third kappa shape index (κ3) is 3.55. The lowest BCUT2D eigenvalue weighted by Crippen LogP contribution is -2.38. The lowest BCUT2D eigenvalue weighted by atomic mass is 10.2. The third-order valence-electron chi connectivity index (χ3n) is 4.29. The molecule has 1 unspecified atom stereocenters. The van der Waals surface area contributed by atoms with Crippen LogP contribution in [0.1, 0.15) is 57.3 Å². The van der Waals surface area contributed by atoms with Crippen LogP contribution in [0.4, 0.5) is 0 Å². The van der Waals surface area contributed by atoms with Crippen LogP contribution in [0.2, 0.25) is 0 Å². The van der Waals surface area contributed by atoms with Crippen LogP contribution in [0.5, 0.6) is 0 Å². The Morgan fingerprint density at radius 2 is 2.25 bits per heavy atom. The second-order valence-electron chi connectivity index (χ2n) is 6.15. The zero-order chi connectivity index (χ0) is 13.8. The van der Waals surface area contributed by atoms with Crippen LogP contribution in [-0.4, -0.2) is 50.8 Å². The first-order valence-electron chi connectivity index (χ1n) is 8.09. The number of nitrogens with one attached hydrogen (secondary N) is 1. The third-order valence-corrected chi connectivity index (χ3v) is 4.29. The molecule has 0 amide bonds. The van der Waals surface area contributed by atoms with Crippen molar-refractivity contribution < 1.29 is 0 Å². The van der Waals surface area contributed by atoms with Gasteiger partial charge in [0.1, 0.15) is 0 Å². The summed E-state index contributed by atoms with van der Waals surface area (Å²) in [5.74, 6) is 1.04. The number of unbranched alkanes of at least 4 members (excludes halogenated alkanes) is 1. The molecule has 3 rings (SSSR count). The van der Waals surface area contributed by atoms with Gasteiger partial charge in [0.05, 0.1) is 12.6 Å². The maximum Gasteiger partial charge on any atom is 0.165 e. The second-order valence-corrected chi connectivity index (χ2v) is 6.15. The minimum Gasteiger partial charge on any atom is -0.313 e. The van der Waals surface area contributed by atoms with Gasteiger partial charge in [-0.2, -0.15) is 0 Å². The summed E-state index contributed by atoms with van der Waals surface area (Å²) in [6.45, 7) is 6.58. The van der Waals surface area contributed by atoms with E-state index in [0.29, 0.717) is 12.1 Å². The molecule has 0 bridgehead atoms. The Morgan fingerprint density at radius 3 is 2.95 bits per heavy atom. The highest BCUT2D eigenvalue weighted by atomic mass is 15.6. The molecular formula is C14H26N6. The summed E-state index contributed by atoms with van der Waals surface area (Å²) in [7, 11) is 0. The lowest BCUT2D eigenvalue weighted by molar-refractivity contribution is 0.228. The molecule has 1 aliphatic heterocycles. The fraction of sp³-hybridized carbons (Fsp3) is 0.929. The van der Waals surface area contributed by atoms with Gasteiger partial charge < -0.3 is 5.32 Å². The minimum atomic E-state index is 0.567. The van der Waals surface area contributed by atoms with Crippen molar-refractivity contribution in [3.8, 4) is 0 Å². The van der Waals surface area contributed by atoms with Crippen LogP contribution < -0.4 is 5.32 Å². The largest absolute Gasteiger partial charge is 0.313 e. The van der Waals surface area contributed by atoms with Gasteiger partial charge in [-0.3, -0.25) is 4.90 Å². The highest BCUT2D eigenvalue weighted by Gasteiger charge is 2.28. The molecule has 0 radical (unpaired) electrons. The van der Waals surface area contributed by atoms with E-state index < -0.39 is 0 Å². The Labute approximate surface area is 120 Å². The van der Waals surface area contributed by atoms with Crippen LogP contribution in [0.25, 0.3) is 0 Å². The van der Waals surface area contributed by atoms with Gasteiger partial charge in [-0.05, 0) is 55.6 Å². The lowest BCUT2D eigenvalue weighted by Gasteiger charge is -2.25. The van der Waals surface area contributed by atoms with E-state index in [1.165, 1.54) is 45.1 Å². The summed E-state index contributed by atoms with van der Waals surface area (Å²) in [6.07, 6.45) is 7.57. The van der Waals surface area contributed by atoms with Gasteiger partial charge in [0.2, 0.25) is 0 Å². The van der Waals surface area contributed by atoms with Crippen molar-refractivity contribution in [1.82, 2.24) is 30.4 Å². The van der Waals surface area contributed by atoms with E-state index in [-0.39, 0.29) is 0 Å². The summed E-state index contributed by atoms with van der Waals surface area (Å²) in [6, 6.07) is 1.22. The van der Waals surface area contributed by atoms with E-state index in [9.17, 15) is 0 Å². The zero-order valence-electron chi connectivity index (χ0n) is 12.5. The van der Waals surface area contributed by atoms with Crippen LogP contribution in [0, 0.1) is 0 Å². The van der Waals surface area contributed by atoms with Crippen molar-refractivity contribution in [2.24, 2.45) is 0 Å². The molecule has 1 saturated carbocycles. The van der Waals surface area contributed by atoms with Gasteiger partial charge in [0.15, 0.2) is 5.82 Å². The van der Waals surface area contributed by atoms with Gasteiger partial charge in [0, 0.05) is 12.6 Å².